The van der Waals surface area contributed by atoms with Crippen molar-refractivity contribution >= 4 is 17.3 Å². The van der Waals surface area contributed by atoms with E-state index in [1.54, 1.807) is 13.0 Å². The van der Waals surface area contributed by atoms with E-state index in [9.17, 15) is 14.9 Å². The fourth-order valence-corrected chi connectivity index (χ4v) is 2.91. The highest BCUT2D eigenvalue weighted by Crippen LogP contribution is 2.36. The smallest absolute Gasteiger partial charge is 0.269 e. The largest absolute Gasteiger partial charge is 0.329 e. The normalized spacial score (nSPS) is 17.2. The number of carbonyl (C=O) groups is 1. The first-order valence-electron chi connectivity index (χ1n) is 7.25. The molecular formula is C15H21N3O3. The molecule has 0 atom stereocenters. The maximum atomic E-state index is 12.6. The fourth-order valence-electron chi connectivity index (χ4n) is 2.91. The second kappa shape index (κ2) is 6.22. The first-order valence-corrected chi connectivity index (χ1v) is 7.25. The molecule has 1 aliphatic rings. The lowest BCUT2D eigenvalue weighted by molar-refractivity contribution is -0.384. The van der Waals surface area contributed by atoms with E-state index in [-0.39, 0.29) is 11.6 Å². The number of nitro groups is 1. The number of hydrogen-bond acceptors (Lipinski definition) is 4. The Labute approximate surface area is 123 Å². The van der Waals surface area contributed by atoms with Crippen molar-refractivity contribution in [3.05, 3.63) is 33.9 Å². The first-order chi connectivity index (χ1) is 9.98. The van der Waals surface area contributed by atoms with Crippen molar-refractivity contribution in [1.29, 1.82) is 0 Å². The van der Waals surface area contributed by atoms with Gasteiger partial charge in [-0.05, 0) is 31.4 Å². The summed E-state index contributed by atoms with van der Waals surface area (Å²) < 4.78 is 0. The standard InChI is InChI=1S/C15H21N3O3/c1-11-9-12(18(20)21)5-6-13(11)17-14(19)15(10-16)7-3-2-4-8-15/h5-6,9H,2-4,7-8,10,16H2,1H3,(H,17,19). The van der Waals surface area contributed by atoms with Gasteiger partial charge in [-0.1, -0.05) is 19.3 Å². The molecule has 114 valence electrons. The van der Waals surface area contributed by atoms with E-state index < -0.39 is 10.3 Å². The average Bonchev–Trinajstić information content (AvgIpc) is 2.49. The predicted octanol–water partition coefficient (Wildman–Crippen LogP) is 2.75. The van der Waals surface area contributed by atoms with E-state index >= 15 is 0 Å². The van der Waals surface area contributed by atoms with Gasteiger partial charge < -0.3 is 11.1 Å². The molecular weight excluding hydrogens is 270 g/mol. The number of nitrogens with zero attached hydrogens (tertiary/aromatic N) is 1. The zero-order valence-electron chi connectivity index (χ0n) is 12.2. The molecule has 2 rings (SSSR count). The van der Waals surface area contributed by atoms with Gasteiger partial charge in [0.25, 0.3) is 5.69 Å². The van der Waals surface area contributed by atoms with Crippen molar-refractivity contribution in [3.63, 3.8) is 0 Å². The summed E-state index contributed by atoms with van der Waals surface area (Å²) in [5.41, 5.74) is 6.67. The molecule has 1 aromatic carbocycles. The lowest BCUT2D eigenvalue weighted by atomic mass is 9.73. The third-order valence-corrected chi connectivity index (χ3v) is 4.35. The lowest BCUT2D eigenvalue weighted by Gasteiger charge is -2.34. The van der Waals surface area contributed by atoms with Crippen LogP contribution in [-0.2, 0) is 4.79 Å². The Hall–Kier alpha value is -1.95. The summed E-state index contributed by atoms with van der Waals surface area (Å²) in [5, 5.41) is 13.6. The number of amides is 1. The molecule has 0 saturated heterocycles. The van der Waals surface area contributed by atoms with Gasteiger partial charge in [0.1, 0.15) is 0 Å². The third kappa shape index (κ3) is 3.21. The number of anilines is 1. The molecule has 0 radical (unpaired) electrons. The molecule has 0 aromatic heterocycles. The van der Waals surface area contributed by atoms with E-state index in [0.29, 0.717) is 17.8 Å². The van der Waals surface area contributed by atoms with Crippen molar-refractivity contribution in [3.8, 4) is 0 Å². The number of carbonyl (C=O) groups excluding carboxylic acids is 1. The molecule has 6 heteroatoms. The van der Waals surface area contributed by atoms with Crippen molar-refractivity contribution < 1.29 is 9.72 Å². The minimum atomic E-state index is -0.494. The molecule has 1 aliphatic carbocycles. The molecule has 0 spiro atoms. The molecule has 0 aliphatic heterocycles. The number of nitro benzene ring substituents is 1. The Bertz CT molecular complexity index is 551. The molecule has 3 N–H and O–H groups in total. The molecule has 1 amide bonds. The van der Waals surface area contributed by atoms with Crippen LogP contribution in [0.2, 0.25) is 0 Å². The van der Waals surface area contributed by atoms with Crippen LogP contribution in [0.3, 0.4) is 0 Å². The average molecular weight is 291 g/mol. The number of non-ortho nitro benzene ring substituents is 1. The quantitative estimate of drug-likeness (QED) is 0.658. The minimum absolute atomic E-state index is 0.0247. The van der Waals surface area contributed by atoms with Crippen LogP contribution in [0.5, 0.6) is 0 Å². The van der Waals surface area contributed by atoms with Gasteiger partial charge in [-0.3, -0.25) is 14.9 Å². The zero-order chi connectivity index (χ0) is 15.5. The molecule has 6 nitrogen and oxygen atoms in total. The molecule has 0 bridgehead atoms. The van der Waals surface area contributed by atoms with Crippen LogP contribution < -0.4 is 11.1 Å². The molecule has 1 saturated carbocycles. The van der Waals surface area contributed by atoms with Gasteiger partial charge in [0.05, 0.1) is 10.3 Å². The Balaban J connectivity index is 2.17. The Morgan fingerprint density at radius 3 is 2.57 bits per heavy atom. The van der Waals surface area contributed by atoms with Gasteiger partial charge in [0, 0.05) is 24.4 Å². The van der Waals surface area contributed by atoms with Gasteiger partial charge in [0.15, 0.2) is 0 Å². The van der Waals surface area contributed by atoms with Crippen molar-refractivity contribution in [2.45, 2.75) is 39.0 Å². The number of aryl methyl sites for hydroxylation is 1. The zero-order valence-corrected chi connectivity index (χ0v) is 12.2. The van der Waals surface area contributed by atoms with E-state index in [1.165, 1.54) is 12.1 Å². The third-order valence-electron chi connectivity index (χ3n) is 4.35. The Kier molecular flexibility index (Phi) is 4.57. The maximum Gasteiger partial charge on any atom is 0.269 e. The SMILES string of the molecule is Cc1cc([N+](=O)[O-])ccc1NC(=O)C1(CN)CCCCC1. The highest BCUT2D eigenvalue weighted by Gasteiger charge is 2.38. The van der Waals surface area contributed by atoms with Crippen LogP contribution in [0.4, 0.5) is 11.4 Å². The number of nitrogens with one attached hydrogen (secondary N) is 1. The summed E-state index contributed by atoms with van der Waals surface area (Å²) in [7, 11) is 0. The summed E-state index contributed by atoms with van der Waals surface area (Å²) in [6, 6.07) is 4.45. The van der Waals surface area contributed by atoms with Gasteiger partial charge in [0.2, 0.25) is 5.91 Å². The number of nitrogens with two attached hydrogens (primary N) is 1. The summed E-state index contributed by atoms with van der Waals surface area (Å²) in [6.07, 6.45) is 4.79. The molecule has 1 fully saturated rings. The van der Waals surface area contributed by atoms with Crippen LogP contribution in [0.15, 0.2) is 18.2 Å². The van der Waals surface area contributed by atoms with Crippen molar-refractivity contribution in [2.75, 3.05) is 11.9 Å². The summed E-state index contributed by atoms with van der Waals surface area (Å²) in [6.45, 7) is 2.09. The second-order valence-electron chi connectivity index (χ2n) is 5.76. The maximum absolute atomic E-state index is 12.6. The number of benzene rings is 1. The van der Waals surface area contributed by atoms with Crippen molar-refractivity contribution in [1.82, 2.24) is 0 Å². The highest BCUT2D eigenvalue weighted by molar-refractivity contribution is 5.96. The summed E-state index contributed by atoms with van der Waals surface area (Å²) in [4.78, 5) is 22.9. The molecule has 0 unspecified atom stereocenters. The van der Waals surface area contributed by atoms with Gasteiger partial charge in [-0.25, -0.2) is 0 Å². The Morgan fingerprint density at radius 1 is 1.38 bits per heavy atom. The molecule has 21 heavy (non-hydrogen) atoms. The minimum Gasteiger partial charge on any atom is -0.329 e. The van der Waals surface area contributed by atoms with Crippen LogP contribution in [0, 0.1) is 22.5 Å². The van der Waals surface area contributed by atoms with Gasteiger partial charge >= 0.3 is 0 Å². The molecule has 1 aromatic rings. The van der Waals surface area contributed by atoms with Crippen LogP contribution in [0.1, 0.15) is 37.7 Å². The lowest BCUT2D eigenvalue weighted by Crippen LogP contribution is -2.43. The predicted molar refractivity (Wildman–Crippen MR) is 81.0 cm³/mol. The summed E-state index contributed by atoms with van der Waals surface area (Å²) in [5.74, 6) is -0.0679. The van der Waals surface area contributed by atoms with E-state index in [4.69, 9.17) is 5.73 Å². The van der Waals surface area contributed by atoms with Crippen LogP contribution in [-0.4, -0.2) is 17.4 Å². The van der Waals surface area contributed by atoms with Crippen molar-refractivity contribution in [2.24, 2.45) is 11.1 Å². The van der Waals surface area contributed by atoms with Gasteiger partial charge in [-0.2, -0.15) is 0 Å². The fraction of sp³-hybridized carbons (Fsp3) is 0.533. The highest BCUT2D eigenvalue weighted by atomic mass is 16.6. The number of hydrogen-bond donors (Lipinski definition) is 2. The van der Waals surface area contributed by atoms with E-state index in [2.05, 4.69) is 5.32 Å². The first kappa shape index (κ1) is 15.4. The monoisotopic (exact) mass is 291 g/mol. The Morgan fingerprint density at radius 2 is 2.05 bits per heavy atom. The number of rotatable bonds is 4. The summed E-state index contributed by atoms with van der Waals surface area (Å²) >= 11 is 0. The van der Waals surface area contributed by atoms with Gasteiger partial charge in [-0.15, -0.1) is 0 Å². The van der Waals surface area contributed by atoms with E-state index in [0.717, 1.165) is 32.1 Å². The van der Waals surface area contributed by atoms with Crippen LogP contribution >= 0.6 is 0 Å². The topological polar surface area (TPSA) is 98.3 Å². The van der Waals surface area contributed by atoms with Crippen LogP contribution in [0.25, 0.3) is 0 Å². The molecule has 0 heterocycles. The van der Waals surface area contributed by atoms with E-state index in [1.807, 2.05) is 0 Å². The second-order valence-corrected chi connectivity index (χ2v) is 5.76.